The normalized spacial score (nSPS) is 12.3. The van der Waals surface area contributed by atoms with Crippen molar-refractivity contribution < 1.29 is 4.21 Å². The van der Waals surface area contributed by atoms with Gasteiger partial charge >= 0.3 is 0 Å². The second-order valence-electron chi connectivity index (χ2n) is 3.86. The van der Waals surface area contributed by atoms with Gasteiger partial charge in [0.2, 0.25) is 0 Å². The standard InChI is InChI=1S/C13H14N2OS/c1-9-7-12(5-6-13(9)15)17(16)11-4-2-3-10(14)8-11/h2-8H,14-15H2,1H3. The van der Waals surface area contributed by atoms with E-state index in [2.05, 4.69) is 0 Å². The number of rotatable bonds is 2. The van der Waals surface area contributed by atoms with Crippen LogP contribution in [0.25, 0.3) is 0 Å². The maximum Gasteiger partial charge on any atom is 0.0850 e. The van der Waals surface area contributed by atoms with Gasteiger partial charge in [0.1, 0.15) is 0 Å². The molecular formula is C13H14N2OS. The molecule has 2 aromatic carbocycles. The quantitative estimate of drug-likeness (QED) is 0.799. The lowest BCUT2D eigenvalue weighted by molar-refractivity contribution is 0.683. The van der Waals surface area contributed by atoms with E-state index in [1.54, 1.807) is 36.4 Å². The molecule has 0 aliphatic rings. The van der Waals surface area contributed by atoms with Gasteiger partial charge in [0.05, 0.1) is 10.8 Å². The first kappa shape index (κ1) is 11.7. The molecule has 88 valence electrons. The zero-order valence-electron chi connectivity index (χ0n) is 9.51. The van der Waals surface area contributed by atoms with Gasteiger partial charge in [-0.15, -0.1) is 0 Å². The van der Waals surface area contributed by atoms with Crippen LogP contribution in [0.5, 0.6) is 0 Å². The van der Waals surface area contributed by atoms with Crippen LogP contribution in [-0.4, -0.2) is 4.21 Å². The molecule has 2 aromatic rings. The first-order valence-corrected chi connectivity index (χ1v) is 6.36. The zero-order chi connectivity index (χ0) is 12.4. The summed E-state index contributed by atoms with van der Waals surface area (Å²) in [6, 6.07) is 12.5. The van der Waals surface area contributed by atoms with Crippen LogP contribution in [0.2, 0.25) is 0 Å². The van der Waals surface area contributed by atoms with Crippen LogP contribution in [0.1, 0.15) is 5.56 Å². The number of aryl methyl sites for hydroxylation is 1. The average Bonchev–Trinajstić information content (AvgIpc) is 2.32. The summed E-state index contributed by atoms with van der Waals surface area (Å²) >= 11 is 0. The maximum absolute atomic E-state index is 12.3. The van der Waals surface area contributed by atoms with E-state index in [0.29, 0.717) is 16.3 Å². The minimum absolute atomic E-state index is 0.614. The van der Waals surface area contributed by atoms with Crippen molar-refractivity contribution in [2.45, 2.75) is 16.7 Å². The lowest BCUT2D eigenvalue weighted by Crippen LogP contribution is -1.97. The summed E-state index contributed by atoms with van der Waals surface area (Å²) in [5, 5.41) is 0. The largest absolute Gasteiger partial charge is 0.399 e. The first-order valence-electron chi connectivity index (χ1n) is 5.21. The smallest absolute Gasteiger partial charge is 0.0850 e. The van der Waals surface area contributed by atoms with Crippen LogP contribution in [-0.2, 0) is 10.8 Å². The minimum atomic E-state index is -1.21. The van der Waals surface area contributed by atoms with Crippen LogP contribution in [0, 0.1) is 6.92 Å². The molecule has 3 nitrogen and oxygen atoms in total. The van der Waals surface area contributed by atoms with E-state index in [9.17, 15) is 4.21 Å². The van der Waals surface area contributed by atoms with Gasteiger partial charge in [-0.1, -0.05) is 6.07 Å². The lowest BCUT2D eigenvalue weighted by atomic mass is 10.2. The Kier molecular flexibility index (Phi) is 3.15. The fourth-order valence-electron chi connectivity index (χ4n) is 1.53. The SMILES string of the molecule is Cc1cc(S(=O)c2cccc(N)c2)ccc1N. The Morgan fingerprint density at radius 1 is 1.00 bits per heavy atom. The van der Waals surface area contributed by atoms with Crippen LogP contribution < -0.4 is 11.5 Å². The number of anilines is 2. The molecule has 0 radical (unpaired) electrons. The fraction of sp³-hybridized carbons (Fsp3) is 0.0769. The van der Waals surface area contributed by atoms with Crippen molar-refractivity contribution in [2.75, 3.05) is 11.5 Å². The van der Waals surface area contributed by atoms with Gasteiger partial charge in [0.15, 0.2) is 0 Å². The highest BCUT2D eigenvalue weighted by molar-refractivity contribution is 7.85. The van der Waals surface area contributed by atoms with Crippen molar-refractivity contribution in [3.05, 3.63) is 48.0 Å². The van der Waals surface area contributed by atoms with Crippen LogP contribution in [0.4, 0.5) is 11.4 Å². The Labute approximate surface area is 103 Å². The fourth-order valence-corrected chi connectivity index (χ4v) is 2.72. The van der Waals surface area contributed by atoms with Gasteiger partial charge in [0, 0.05) is 21.2 Å². The summed E-state index contributed by atoms with van der Waals surface area (Å²) in [4.78, 5) is 1.44. The molecule has 0 spiro atoms. The zero-order valence-corrected chi connectivity index (χ0v) is 10.3. The molecule has 0 aromatic heterocycles. The molecule has 0 saturated carbocycles. The molecule has 4 N–H and O–H groups in total. The monoisotopic (exact) mass is 246 g/mol. The third kappa shape index (κ3) is 2.47. The maximum atomic E-state index is 12.3. The molecular weight excluding hydrogens is 232 g/mol. The van der Waals surface area contributed by atoms with Gasteiger partial charge in [-0.2, -0.15) is 0 Å². The van der Waals surface area contributed by atoms with Gasteiger partial charge in [-0.05, 0) is 48.9 Å². The van der Waals surface area contributed by atoms with E-state index in [-0.39, 0.29) is 0 Å². The molecule has 17 heavy (non-hydrogen) atoms. The van der Waals surface area contributed by atoms with Crippen LogP contribution in [0.15, 0.2) is 52.3 Å². The number of hydrogen-bond acceptors (Lipinski definition) is 3. The Balaban J connectivity index is 2.40. The lowest BCUT2D eigenvalue weighted by Gasteiger charge is -2.06. The highest BCUT2D eigenvalue weighted by atomic mass is 32.2. The molecule has 1 unspecified atom stereocenters. The number of hydrogen-bond donors (Lipinski definition) is 2. The average molecular weight is 246 g/mol. The Bertz CT molecular complexity index is 581. The second-order valence-corrected chi connectivity index (χ2v) is 5.34. The van der Waals surface area contributed by atoms with Gasteiger partial charge in [0.25, 0.3) is 0 Å². The third-order valence-corrected chi connectivity index (χ3v) is 3.89. The number of nitrogens with two attached hydrogens (primary N) is 2. The van der Waals surface area contributed by atoms with E-state index >= 15 is 0 Å². The summed E-state index contributed by atoms with van der Waals surface area (Å²) in [5.74, 6) is 0. The van der Waals surface area contributed by atoms with E-state index in [1.807, 2.05) is 13.0 Å². The van der Waals surface area contributed by atoms with Crippen molar-refractivity contribution in [3.63, 3.8) is 0 Å². The Morgan fingerprint density at radius 2 is 1.71 bits per heavy atom. The summed E-state index contributed by atoms with van der Waals surface area (Å²) in [6.07, 6.45) is 0. The molecule has 0 amide bonds. The summed E-state index contributed by atoms with van der Waals surface area (Å²) < 4.78 is 12.3. The summed E-state index contributed by atoms with van der Waals surface area (Å²) in [7, 11) is -1.21. The molecule has 0 fully saturated rings. The minimum Gasteiger partial charge on any atom is -0.399 e. The molecule has 4 heteroatoms. The predicted octanol–water partition coefficient (Wildman–Crippen LogP) is 2.33. The van der Waals surface area contributed by atoms with E-state index in [1.165, 1.54) is 0 Å². The van der Waals surface area contributed by atoms with Crippen molar-refractivity contribution in [3.8, 4) is 0 Å². The van der Waals surface area contributed by atoms with E-state index in [4.69, 9.17) is 11.5 Å². The summed E-state index contributed by atoms with van der Waals surface area (Å²) in [6.45, 7) is 1.90. The third-order valence-electron chi connectivity index (χ3n) is 2.53. The first-order chi connectivity index (χ1) is 8.08. The van der Waals surface area contributed by atoms with Crippen molar-refractivity contribution in [2.24, 2.45) is 0 Å². The van der Waals surface area contributed by atoms with E-state index < -0.39 is 10.8 Å². The Morgan fingerprint density at radius 3 is 2.35 bits per heavy atom. The topological polar surface area (TPSA) is 69.1 Å². The molecule has 0 bridgehead atoms. The molecule has 0 saturated heterocycles. The predicted molar refractivity (Wildman–Crippen MR) is 71.1 cm³/mol. The molecule has 1 atom stereocenters. The number of benzene rings is 2. The molecule has 0 aliphatic carbocycles. The van der Waals surface area contributed by atoms with Crippen LogP contribution >= 0.6 is 0 Å². The molecule has 0 heterocycles. The van der Waals surface area contributed by atoms with Gasteiger partial charge < -0.3 is 11.5 Å². The summed E-state index contributed by atoms with van der Waals surface area (Å²) in [5.41, 5.74) is 13.7. The highest BCUT2D eigenvalue weighted by Gasteiger charge is 2.08. The second kappa shape index (κ2) is 4.59. The van der Waals surface area contributed by atoms with Crippen molar-refractivity contribution >= 4 is 22.2 Å². The number of nitrogen functional groups attached to an aromatic ring is 2. The van der Waals surface area contributed by atoms with Gasteiger partial charge in [-0.3, -0.25) is 0 Å². The Hall–Kier alpha value is -1.81. The van der Waals surface area contributed by atoms with Crippen LogP contribution in [0.3, 0.4) is 0 Å². The highest BCUT2D eigenvalue weighted by Crippen LogP contribution is 2.21. The molecule has 2 rings (SSSR count). The molecule has 0 aliphatic heterocycles. The van der Waals surface area contributed by atoms with Crippen molar-refractivity contribution in [1.82, 2.24) is 0 Å². The van der Waals surface area contributed by atoms with E-state index in [0.717, 1.165) is 10.5 Å². The van der Waals surface area contributed by atoms with Gasteiger partial charge in [-0.25, -0.2) is 4.21 Å². The van der Waals surface area contributed by atoms with Crippen molar-refractivity contribution in [1.29, 1.82) is 0 Å².